The molecule has 0 radical (unpaired) electrons. The molecule has 4 aromatic rings. The Morgan fingerprint density at radius 2 is 2.00 bits per heavy atom. The Morgan fingerprint density at radius 3 is 2.90 bits per heavy atom. The van der Waals surface area contributed by atoms with E-state index in [0.717, 1.165) is 10.9 Å². The summed E-state index contributed by atoms with van der Waals surface area (Å²) >= 11 is 0. The minimum absolute atomic E-state index is 0.0266. The second-order valence-corrected chi connectivity index (χ2v) is 4.79. The van der Waals surface area contributed by atoms with Crippen molar-refractivity contribution >= 4 is 22.1 Å². The molecule has 0 aliphatic rings. The van der Waals surface area contributed by atoms with Gasteiger partial charge in [0.15, 0.2) is 0 Å². The molecule has 0 fully saturated rings. The molecule has 3 aromatic heterocycles. The van der Waals surface area contributed by atoms with Gasteiger partial charge in [-0.05, 0) is 61.7 Å². The van der Waals surface area contributed by atoms with Crippen molar-refractivity contribution in [2.24, 2.45) is 0 Å². The van der Waals surface area contributed by atoms with E-state index in [1.54, 1.807) is 24.3 Å². The SMILES string of the molecule is [2H]C([2H])([2H])c1ccnc(-c2ccc3oc4nc(C([2H])([2H])[2H])ccc4c3c2)c1. The lowest BCUT2D eigenvalue weighted by molar-refractivity contribution is 0.652. The van der Waals surface area contributed by atoms with Crippen LogP contribution in [0.3, 0.4) is 0 Å². The maximum absolute atomic E-state index is 7.55. The van der Waals surface area contributed by atoms with Crippen LogP contribution in [0.1, 0.15) is 19.5 Å². The summed E-state index contributed by atoms with van der Waals surface area (Å²) in [4.78, 5) is 8.38. The van der Waals surface area contributed by atoms with Gasteiger partial charge in [-0.3, -0.25) is 4.98 Å². The smallest absolute Gasteiger partial charge is 0.227 e. The fraction of sp³-hybridized carbons (Fsp3) is 0.111. The Balaban J connectivity index is 1.86. The molecule has 3 heteroatoms. The van der Waals surface area contributed by atoms with Gasteiger partial charge in [0.05, 0.1) is 5.69 Å². The lowest BCUT2D eigenvalue weighted by atomic mass is 10.1. The van der Waals surface area contributed by atoms with Gasteiger partial charge in [-0.1, -0.05) is 0 Å². The van der Waals surface area contributed by atoms with Crippen molar-refractivity contribution < 1.29 is 12.6 Å². The van der Waals surface area contributed by atoms with Gasteiger partial charge in [0.1, 0.15) is 5.58 Å². The minimum Gasteiger partial charge on any atom is -0.438 e. The predicted octanol–water partition coefficient (Wildman–Crippen LogP) is 4.66. The molecule has 0 spiro atoms. The van der Waals surface area contributed by atoms with Gasteiger partial charge >= 0.3 is 0 Å². The molecule has 3 nitrogen and oxygen atoms in total. The summed E-state index contributed by atoms with van der Waals surface area (Å²) in [5.41, 5.74) is 2.27. The predicted molar refractivity (Wildman–Crippen MR) is 84.2 cm³/mol. The normalized spacial score (nSPS) is 16.8. The third kappa shape index (κ3) is 1.98. The fourth-order valence-electron chi connectivity index (χ4n) is 2.40. The molecule has 0 saturated carbocycles. The number of aromatic nitrogens is 2. The minimum atomic E-state index is -2.31. The van der Waals surface area contributed by atoms with Gasteiger partial charge in [0, 0.05) is 36.5 Å². The summed E-state index contributed by atoms with van der Waals surface area (Å²) < 4.78 is 50.8. The van der Waals surface area contributed by atoms with Crippen LogP contribution in [-0.4, -0.2) is 9.97 Å². The van der Waals surface area contributed by atoms with Gasteiger partial charge in [0.2, 0.25) is 5.71 Å². The quantitative estimate of drug-likeness (QED) is 0.509. The first-order valence-corrected chi connectivity index (χ1v) is 6.44. The maximum atomic E-state index is 7.55. The Kier molecular flexibility index (Phi) is 1.55. The van der Waals surface area contributed by atoms with E-state index in [4.69, 9.17) is 12.6 Å². The highest BCUT2D eigenvalue weighted by atomic mass is 16.3. The molecule has 1 aromatic carbocycles. The second kappa shape index (κ2) is 4.42. The topological polar surface area (TPSA) is 38.9 Å². The number of nitrogens with zero attached hydrogens (tertiary/aromatic N) is 2. The number of furan rings is 1. The van der Waals surface area contributed by atoms with E-state index in [-0.39, 0.29) is 17.0 Å². The first-order valence-electron chi connectivity index (χ1n) is 9.44. The van der Waals surface area contributed by atoms with Gasteiger partial charge in [-0.2, -0.15) is 0 Å². The lowest BCUT2D eigenvalue weighted by Crippen LogP contribution is -1.84. The Labute approximate surface area is 130 Å². The molecule has 0 aliphatic carbocycles. The molecule has 0 N–H and O–H groups in total. The van der Waals surface area contributed by atoms with Crippen molar-refractivity contribution in [3.8, 4) is 11.3 Å². The zero-order chi connectivity index (χ0) is 19.4. The molecule has 102 valence electrons. The Bertz CT molecular complexity index is 1160. The van der Waals surface area contributed by atoms with Crippen LogP contribution in [0.5, 0.6) is 0 Å². The zero-order valence-corrected chi connectivity index (χ0v) is 10.9. The molecular weight excluding hydrogens is 260 g/mol. The van der Waals surface area contributed by atoms with E-state index in [1.807, 2.05) is 6.07 Å². The third-order valence-electron chi connectivity index (χ3n) is 3.39. The van der Waals surface area contributed by atoms with Crippen molar-refractivity contribution in [2.75, 3.05) is 0 Å². The van der Waals surface area contributed by atoms with E-state index >= 15 is 0 Å². The van der Waals surface area contributed by atoms with Gasteiger partial charge in [-0.25, -0.2) is 4.98 Å². The number of aryl methyl sites for hydroxylation is 2. The summed E-state index contributed by atoms with van der Waals surface area (Å²) in [6, 6.07) is 11.5. The average Bonchev–Trinajstić information content (AvgIpc) is 2.97. The third-order valence-corrected chi connectivity index (χ3v) is 3.39. The van der Waals surface area contributed by atoms with Gasteiger partial charge in [-0.15, -0.1) is 0 Å². The standard InChI is InChI=1S/C18H14N2O/c1-11-7-8-19-16(9-11)13-4-6-17-15(10-13)14-5-3-12(2)20-18(14)21-17/h3-10H,1-2H3/i1D3,2D3. The van der Waals surface area contributed by atoms with Crippen LogP contribution >= 0.6 is 0 Å². The second-order valence-electron chi connectivity index (χ2n) is 4.79. The van der Waals surface area contributed by atoms with Crippen molar-refractivity contribution in [3.05, 3.63) is 59.9 Å². The van der Waals surface area contributed by atoms with E-state index in [2.05, 4.69) is 9.97 Å². The number of fused-ring (bicyclic) bond motifs is 3. The average molecular weight is 280 g/mol. The van der Waals surface area contributed by atoms with Crippen molar-refractivity contribution in [2.45, 2.75) is 13.7 Å². The summed E-state index contributed by atoms with van der Waals surface area (Å²) in [5.74, 6) is 0. The van der Waals surface area contributed by atoms with Gasteiger partial charge < -0.3 is 4.42 Å². The molecule has 0 unspecified atom stereocenters. The summed E-state index contributed by atoms with van der Waals surface area (Å²) in [6.45, 7) is -4.52. The van der Waals surface area contributed by atoms with Crippen LogP contribution in [0.15, 0.2) is 53.1 Å². The molecule has 0 aliphatic heterocycles. The highest BCUT2D eigenvalue weighted by molar-refractivity contribution is 6.04. The fourth-order valence-corrected chi connectivity index (χ4v) is 2.40. The zero-order valence-electron chi connectivity index (χ0n) is 16.9. The van der Waals surface area contributed by atoms with E-state index in [0.29, 0.717) is 16.7 Å². The summed E-state index contributed by atoms with van der Waals surface area (Å²) in [6.07, 6.45) is 1.47. The van der Waals surface area contributed by atoms with E-state index in [9.17, 15) is 0 Å². The maximum Gasteiger partial charge on any atom is 0.227 e. The first-order chi connectivity index (χ1) is 12.6. The summed E-state index contributed by atoms with van der Waals surface area (Å²) in [5, 5.41) is 1.44. The highest BCUT2D eigenvalue weighted by Crippen LogP contribution is 2.31. The number of benzene rings is 1. The number of hydrogen-bond acceptors (Lipinski definition) is 3. The lowest BCUT2D eigenvalue weighted by Gasteiger charge is -2.01. The molecule has 21 heavy (non-hydrogen) atoms. The van der Waals surface area contributed by atoms with Gasteiger partial charge in [0.25, 0.3) is 0 Å². The molecule has 0 amide bonds. The monoisotopic (exact) mass is 280 g/mol. The van der Waals surface area contributed by atoms with Crippen molar-refractivity contribution in [1.82, 2.24) is 9.97 Å². The van der Waals surface area contributed by atoms with Crippen molar-refractivity contribution in [1.29, 1.82) is 0 Å². The molecule has 4 rings (SSSR count). The Morgan fingerprint density at radius 1 is 1.00 bits per heavy atom. The van der Waals surface area contributed by atoms with Crippen LogP contribution in [0, 0.1) is 13.7 Å². The number of rotatable bonds is 1. The molecule has 0 saturated heterocycles. The molecule has 0 bridgehead atoms. The summed E-state index contributed by atoms with van der Waals surface area (Å²) in [7, 11) is 0. The van der Waals surface area contributed by atoms with E-state index in [1.165, 1.54) is 18.3 Å². The number of hydrogen-bond donors (Lipinski definition) is 0. The van der Waals surface area contributed by atoms with Crippen LogP contribution in [0.4, 0.5) is 0 Å². The Hall–Kier alpha value is -2.68. The van der Waals surface area contributed by atoms with Crippen LogP contribution in [0.2, 0.25) is 0 Å². The molecule has 0 atom stereocenters. The largest absolute Gasteiger partial charge is 0.438 e. The number of pyridine rings is 2. The highest BCUT2D eigenvalue weighted by Gasteiger charge is 2.10. The van der Waals surface area contributed by atoms with Crippen LogP contribution < -0.4 is 0 Å². The van der Waals surface area contributed by atoms with E-state index < -0.39 is 13.7 Å². The van der Waals surface area contributed by atoms with Crippen LogP contribution in [-0.2, 0) is 0 Å². The van der Waals surface area contributed by atoms with Crippen LogP contribution in [0.25, 0.3) is 33.3 Å². The first kappa shape index (κ1) is 7.36. The van der Waals surface area contributed by atoms with Crippen molar-refractivity contribution in [3.63, 3.8) is 0 Å². The molecule has 3 heterocycles. The molecular formula is C18H14N2O.